The Hall–Kier alpha value is -6.96. The Morgan fingerprint density at radius 3 is 1.57 bits per heavy atom. The molecule has 2 aliphatic rings. The molecule has 2 N–H and O–H groups in total. The molecule has 6 aromatic heterocycles. The van der Waals surface area contributed by atoms with Crippen molar-refractivity contribution in [2.75, 3.05) is 52.4 Å². The molecule has 1 aromatic carbocycles. The summed E-state index contributed by atoms with van der Waals surface area (Å²) in [5.74, 6) is -2.65. The van der Waals surface area contributed by atoms with E-state index in [4.69, 9.17) is 23.2 Å². The fraction of sp³-hybridized carbons (Fsp3) is 0.227. The molecule has 0 aliphatic carbocycles. The molecule has 2 fully saturated rings. The van der Waals surface area contributed by atoms with Crippen LogP contribution >= 0.6 is 39.1 Å². The van der Waals surface area contributed by atoms with Crippen molar-refractivity contribution in [3.8, 4) is 11.3 Å². The molecule has 7 aromatic rings. The third kappa shape index (κ3) is 10.4. The smallest absolute Gasteiger partial charge is 0.295 e. The maximum atomic E-state index is 13.2. The molecule has 8 heterocycles. The number of aromatic nitrogens is 8. The number of nitrogens with one attached hydrogen (secondary N) is 2. The molecule has 332 valence electrons. The number of rotatable bonds is 6. The Balaban J connectivity index is 0.000000176. The zero-order valence-corrected chi connectivity index (χ0v) is 38.0. The summed E-state index contributed by atoms with van der Waals surface area (Å²) < 4.78 is 0.517. The van der Waals surface area contributed by atoms with Crippen molar-refractivity contribution in [3.63, 3.8) is 0 Å². The third-order valence-electron chi connectivity index (χ3n) is 10.6. The van der Waals surface area contributed by atoms with Gasteiger partial charge >= 0.3 is 0 Å². The zero-order valence-electron chi connectivity index (χ0n) is 34.9. The van der Waals surface area contributed by atoms with Crippen LogP contribution in [0.1, 0.15) is 43.6 Å². The van der Waals surface area contributed by atoms with E-state index in [1.165, 1.54) is 54.2 Å². The van der Waals surface area contributed by atoms with Crippen molar-refractivity contribution >= 4 is 96.1 Å². The van der Waals surface area contributed by atoms with Crippen molar-refractivity contribution < 1.29 is 28.8 Å². The summed E-state index contributed by atoms with van der Waals surface area (Å²) in [6, 6.07) is 8.99. The van der Waals surface area contributed by atoms with Crippen LogP contribution in [0.5, 0.6) is 0 Å². The molecule has 4 amide bonds. The minimum Gasteiger partial charge on any atom is -0.359 e. The van der Waals surface area contributed by atoms with Gasteiger partial charge in [0.2, 0.25) is 5.91 Å². The molecule has 9 rings (SSSR count). The average molecular weight is 983 g/mol. The number of H-pyrrole nitrogens is 2. The molecule has 21 heteroatoms. The molecule has 0 unspecified atom stereocenters. The molecule has 0 spiro atoms. The second-order valence-corrected chi connectivity index (χ2v) is 16.3. The average Bonchev–Trinajstić information content (AvgIpc) is 4.01. The van der Waals surface area contributed by atoms with Gasteiger partial charge in [0.25, 0.3) is 29.3 Å². The van der Waals surface area contributed by atoms with Crippen molar-refractivity contribution in [1.82, 2.24) is 59.5 Å². The molecule has 0 saturated carbocycles. The number of hydrogen-bond acceptors (Lipinski definition) is 12. The van der Waals surface area contributed by atoms with Crippen LogP contribution in [0, 0.1) is 6.92 Å². The number of ketones is 2. The van der Waals surface area contributed by atoms with Crippen LogP contribution in [0.4, 0.5) is 0 Å². The summed E-state index contributed by atoms with van der Waals surface area (Å²) in [6.45, 7) is 6.23. The number of aryl methyl sites for hydroxylation is 1. The highest BCUT2D eigenvalue weighted by atomic mass is 79.9. The first-order chi connectivity index (χ1) is 31.3. The molecule has 0 bridgehead atoms. The highest BCUT2D eigenvalue weighted by Crippen LogP contribution is 2.33. The number of halogens is 3. The minimum atomic E-state index is -0.669. The van der Waals surface area contributed by atoms with Gasteiger partial charge in [-0.05, 0) is 40.5 Å². The fourth-order valence-corrected chi connectivity index (χ4v) is 8.08. The van der Waals surface area contributed by atoms with Gasteiger partial charge in [-0.25, -0.2) is 24.9 Å². The van der Waals surface area contributed by atoms with Crippen molar-refractivity contribution in [1.29, 1.82) is 0 Å². The zero-order chi connectivity index (χ0) is 46.2. The van der Waals surface area contributed by atoms with E-state index >= 15 is 0 Å². The van der Waals surface area contributed by atoms with E-state index in [1.807, 2.05) is 25.1 Å². The summed E-state index contributed by atoms with van der Waals surface area (Å²) in [4.78, 5) is 111. The van der Waals surface area contributed by atoms with Crippen LogP contribution in [0.2, 0.25) is 10.0 Å². The lowest BCUT2D eigenvalue weighted by Gasteiger charge is -2.34. The number of fused-ring (bicyclic) bond motifs is 2. The van der Waals surface area contributed by atoms with Crippen LogP contribution in [0.15, 0.2) is 97.2 Å². The highest BCUT2D eigenvalue weighted by molar-refractivity contribution is 9.10. The van der Waals surface area contributed by atoms with Gasteiger partial charge in [-0.15, -0.1) is 0 Å². The number of nitrogens with zero attached hydrogens (tertiary/aromatic N) is 10. The Morgan fingerprint density at radius 1 is 0.600 bits per heavy atom. The highest BCUT2D eigenvalue weighted by Gasteiger charge is 2.32. The van der Waals surface area contributed by atoms with Gasteiger partial charge in [0.15, 0.2) is 0 Å². The van der Waals surface area contributed by atoms with Crippen LogP contribution < -0.4 is 0 Å². The Morgan fingerprint density at radius 2 is 1.06 bits per heavy atom. The predicted octanol–water partition coefficient (Wildman–Crippen LogP) is 5.48. The minimum absolute atomic E-state index is 0.0332. The standard InChI is InChI=1S/C24H19ClN6O3.C15H14BrClN4O3.C5H6N2/c25-18-13-29-20(16-10-26-14-27-11-16)21-19(18)17(12-28-21)22(32)24(34)31-8-6-30(7-9-31)23(33)15-4-2-1-3-5-15;1-8(22)20-2-4-21(5-3-20)15(24)13(23)9-6-18-12-11(9)10(17)7-19-14(12)16;1-5-2-6-4-7-3-5/h1-5,10-14,28H,6-9H2;6-7,18H,2-5H2,1H3;2-4H,1H3. The van der Waals surface area contributed by atoms with E-state index in [0.717, 1.165) is 5.56 Å². The normalized spacial score (nSPS) is 13.7. The van der Waals surface area contributed by atoms with E-state index in [9.17, 15) is 28.8 Å². The Kier molecular flexibility index (Phi) is 14.7. The molecule has 2 aliphatic heterocycles. The summed E-state index contributed by atoms with van der Waals surface area (Å²) in [5, 5.41) is 1.45. The van der Waals surface area contributed by atoms with Gasteiger partial charge in [0.05, 0.1) is 37.9 Å². The number of hydrogen-bond donors (Lipinski definition) is 2. The first kappa shape index (κ1) is 46.0. The maximum Gasteiger partial charge on any atom is 0.295 e. The van der Waals surface area contributed by atoms with Crippen LogP contribution in [-0.4, -0.2) is 147 Å². The number of benzene rings is 1. The first-order valence-corrected chi connectivity index (χ1v) is 21.6. The summed E-state index contributed by atoms with van der Waals surface area (Å²) in [7, 11) is 0. The van der Waals surface area contributed by atoms with Crippen molar-refractivity contribution in [2.45, 2.75) is 13.8 Å². The third-order valence-corrected chi connectivity index (χ3v) is 11.7. The second kappa shape index (κ2) is 20.7. The lowest BCUT2D eigenvalue weighted by molar-refractivity contribution is -0.135. The number of amides is 4. The lowest BCUT2D eigenvalue weighted by Crippen LogP contribution is -2.52. The molecule has 0 radical (unpaired) electrons. The fourth-order valence-electron chi connectivity index (χ4n) is 7.18. The predicted molar refractivity (Wildman–Crippen MR) is 244 cm³/mol. The number of carbonyl (C=O) groups is 6. The van der Waals surface area contributed by atoms with E-state index < -0.39 is 23.4 Å². The van der Waals surface area contributed by atoms with Crippen LogP contribution in [0.3, 0.4) is 0 Å². The molecular formula is C44H39BrCl2N12O6. The van der Waals surface area contributed by atoms with Crippen molar-refractivity contribution in [3.05, 3.63) is 129 Å². The Labute approximate surface area is 389 Å². The summed E-state index contributed by atoms with van der Waals surface area (Å²) in [6.07, 6.45) is 15.5. The van der Waals surface area contributed by atoms with Gasteiger partial charge in [0.1, 0.15) is 17.3 Å². The van der Waals surface area contributed by atoms with E-state index in [1.54, 1.807) is 46.7 Å². The maximum absolute atomic E-state index is 13.2. The van der Waals surface area contributed by atoms with Gasteiger partial charge in [0, 0.05) is 131 Å². The number of piperazine rings is 2. The Bertz CT molecular complexity index is 2890. The molecule has 0 atom stereocenters. The largest absolute Gasteiger partial charge is 0.359 e. The molecular weight excluding hydrogens is 943 g/mol. The molecule has 2 saturated heterocycles. The van der Waals surface area contributed by atoms with E-state index in [-0.39, 0.29) is 41.1 Å². The van der Waals surface area contributed by atoms with Gasteiger partial charge < -0.3 is 29.6 Å². The van der Waals surface area contributed by atoms with Crippen LogP contribution in [0.25, 0.3) is 33.1 Å². The quantitative estimate of drug-likeness (QED) is 0.120. The summed E-state index contributed by atoms with van der Waals surface area (Å²) in [5.41, 5.74) is 4.36. The number of Topliss-reactive ketones (excluding diaryl/α,β-unsaturated/α-hetero) is 2. The lowest BCUT2D eigenvalue weighted by atomic mass is 10.1. The van der Waals surface area contributed by atoms with Crippen molar-refractivity contribution in [2.24, 2.45) is 0 Å². The molecule has 65 heavy (non-hydrogen) atoms. The topological polar surface area (TPSA) is 224 Å². The van der Waals surface area contributed by atoms with E-state index in [2.05, 4.69) is 55.8 Å². The van der Waals surface area contributed by atoms with E-state index in [0.29, 0.717) is 87.5 Å². The van der Waals surface area contributed by atoms with Crippen LogP contribution in [-0.2, 0) is 14.4 Å². The monoisotopic (exact) mass is 980 g/mol. The summed E-state index contributed by atoms with van der Waals surface area (Å²) >= 11 is 15.8. The second-order valence-electron chi connectivity index (χ2n) is 14.7. The number of carbonyl (C=O) groups excluding carboxylic acids is 6. The first-order valence-electron chi connectivity index (χ1n) is 20.0. The number of pyridine rings is 2. The molecule has 18 nitrogen and oxygen atoms in total. The van der Waals surface area contributed by atoms with Gasteiger partial charge in [-0.3, -0.25) is 33.8 Å². The number of aromatic amines is 2. The van der Waals surface area contributed by atoms with Gasteiger partial charge in [-0.2, -0.15) is 0 Å². The van der Waals surface area contributed by atoms with Gasteiger partial charge in [-0.1, -0.05) is 41.4 Å². The SMILES string of the molecule is CC(=O)N1CCN(C(=O)C(=O)c2c[nH]c3c(Br)ncc(Cl)c23)CC1.Cc1cncnc1.O=C(C(=O)N1CCN(C(=O)c2ccccc2)CC1)c1c[nH]c2c(-c3cncnc3)ncc(Cl)c12.